The molecule has 4 aromatic carbocycles. The van der Waals surface area contributed by atoms with E-state index in [-0.39, 0.29) is 0 Å². The number of hydrogen-bond acceptors (Lipinski definition) is 0. The van der Waals surface area contributed by atoms with E-state index in [1.54, 1.807) is 0 Å². The summed E-state index contributed by atoms with van der Waals surface area (Å²) in [5, 5.41) is 7.13. The van der Waals surface area contributed by atoms with Gasteiger partial charge in [-0.2, -0.15) is 0 Å². The summed E-state index contributed by atoms with van der Waals surface area (Å²) in [7, 11) is 0. The normalized spacial score (nSPS) is 9.96. The van der Waals surface area contributed by atoms with Crippen LogP contribution in [0.25, 0.3) is 21.5 Å². The molecule has 0 bridgehead atoms. The predicted molar refractivity (Wildman–Crippen MR) is 233 cm³/mol. The number of unbranched alkanes of at least 4 members (excludes halogenated alkanes) is 4. The predicted octanol–water partition coefficient (Wildman–Crippen LogP) is 11.0. The van der Waals surface area contributed by atoms with E-state index in [0.29, 0.717) is 0 Å². The highest BCUT2D eigenvalue weighted by Gasteiger charge is 2.03. The zero-order valence-corrected chi connectivity index (χ0v) is 34.0. The maximum absolute atomic E-state index is 3.40. The van der Waals surface area contributed by atoms with E-state index >= 15 is 0 Å². The molecule has 54 heavy (non-hydrogen) atoms. The highest BCUT2D eigenvalue weighted by Crippen LogP contribution is 2.11. The molecule has 4 heteroatoms. The van der Waals surface area contributed by atoms with Crippen LogP contribution in [-0.4, -0.2) is 10.7 Å². The summed E-state index contributed by atoms with van der Waals surface area (Å²) < 4.78 is 4.50. The van der Waals surface area contributed by atoms with Gasteiger partial charge in [0.2, 0.25) is 0 Å². The van der Waals surface area contributed by atoms with E-state index in [1.165, 1.54) is 21.5 Å². The molecule has 0 aliphatic carbocycles. The van der Waals surface area contributed by atoms with Crippen LogP contribution in [0.5, 0.6) is 0 Å². The van der Waals surface area contributed by atoms with E-state index < -0.39 is 0 Å². The van der Waals surface area contributed by atoms with Gasteiger partial charge in [0.25, 0.3) is 0 Å². The molecular formula is C50H46Br2N2+2. The molecule has 0 fully saturated rings. The number of nitrogens with zero attached hydrogens (tertiary/aromatic N) is 2. The molecule has 0 N–H and O–H groups in total. The molecule has 0 saturated heterocycles. The fourth-order valence-electron chi connectivity index (χ4n) is 5.65. The second-order valence-electron chi connectivity index (χ2n) is 12.8. The third-order valence-electron chi connectivity index (χ3n) is 8.46. The van der Waals surface area contributed by atoms with Crippen LogP contribution in [0.4, 0.5) is 0 Å². The van der Waals surface area contributed by atoms with Crippen LogP contribution in [0.2, 0.25) is 0 Å². The maximum atomic E-state index is 3.40. The number of benzene rings is 4. The summed E-state index contributed by atoms with van der Waals surface area (Å²) in [5.74, 6) is 26.0. The second kappa shape index (κ2) is 23.5. The van der Waals surface area contributed by atoms with Crippen LogP contribution in [0.3, 0.4) is 0 Å². The van der Waals surface area contributed by atoms with Crippen LogP contribution in [0.15, 0.2) is 134 Å². The Labute approximate surface area is 339 Å². The molecule has 2 heterocycles. The zero-order chi connectivity index (χ0) is 37.5. The van der Waals surface area contributed by atoms with Gasteiger partial charge in [0.1, 0.15) is 13.1 Å². The van der Waals surface area contributed by atoms with Crippen molar-refractivity contribution in [3.8, 4) is 47.4 Å². The molecule has 0 amide bonds. The zero-order valence-electron chi connectivity index (χ0n) is 30.8. The Kier molecular flexibility index (Phi) is 17.5. The average Bonchev–Trinajstić information content (AvgIpc) is 3.21. The fourth-order valence-corrected chi connectivity index (χ4v) is 6.21. The van der Waals surface area contributed by atoms with Gasteiger partial charge >= 0.3 is 0 Å². The minimum absolute atomic E-state index is 0.877. The van der Waals surface area contributed by atoms with Crippen LogP contribution in [0.1, 0.15) is 73.6 Å². The number of pyridine rings is 2. The summed E-state index contributed by atoms with van der Waals surface area (Å²) in [5.41, 5.74) is 4.17. The first-order valence-corrected chi connectivity index (χ1v) is 21.0. The molecule has 2 aromatic heterocycles. The molecule has 268 valence electrons. The first kappa shape index (κ1) is 40.1. The average molecular weight is 835 g/mol. The maximum Gasteiger partial charge on any atom is 0.176 e. The Morgan fingerprint density at radius 2 is 0.741 bits per heavy atom. The number of aryl methyl sites for hydroxylation is 2. The van der Waals surface area contributed by atoms with Crippen molar-refractivity contribution in [1.29, 1.82) is 0 Å². The highest BCUT2D eigenvalue weighted by atomic mass is 79.9. The summed E-state index contributed by atoms with van der Waals surface area (Å²) in [6, 6.07) is 37.7. The van der Waals surface area contributed by atoms with Crippen LogP contribution in [0, 0.1) is 47.4 Å². The van der Waals surface area contributed by atoms with Gasteiger partial charge in [-0.15, -0.1) is 0 Å². The molecule has 2 nitrogen and oxygen atoms in total. The van der Waals surface area contributed by atoms with Crippen molar-refractivity contribution in [2.24, 2.45) is 0 Å². The van der Waals surface area contributed by atoms with Crippen molar-refractivity contribution in [3.05, 3.63) is 156 Å². The van der Waals surface area contributed by atoms with Gasteiger partial charge in [-0.1, -0.05) is 128 Å². The number of hydrogen-bond donors (Lipinski definition) is 0. The Morgan fingerprint density at radius 1 is 0.389 bits per heavy atom. The number of rotatable bonds is 10. The molecule has 0 aliphatic heterocycles. The van der Waals surface area contributed by atoms with Crippen LogP contribution >= 0.6 is 31.9 Å². The summed E-state index contributed by atoms with van der Waals surface area (Å²) >= 11 is 6.80. The van der Waals surface area contributed by atoms with E-state index in [9.17, 15) is 0 Å². The molecule has 0 atom stereocenters. The topological polar surface area (TPSA) is 7.76 Å². The number of alkyl halides is 2. The van der Waals surface area contributed by atoms with Gasteiger partial charge in [-0.3, -0.25) is 0 Å². The molecule has 0 unspecified atom stereocenters. The van der Waals surface area contributed by atoms with Crippen molar-refractivity contribution in [3.63, 3.8) is 0 Å². The Balaban J connectivity index is 0.000000263. The first-order chi connectivity index (χ1) is 26.7. The summed E-state index contributed by atoms with van der Waals surface area (Å²) in [4.78, 5) is 0. The molecule has 6 rings (SSSR count). The van der Waals surface area contributed by atoms with Crippen LogP contribution in [-0.2, 0) is 13.1 Å². The smallest absolute Gasteiger partial charge is 0.176 e. The quantitative estimate of drug-likeness (QED) is 0.0562. The largest absolute Gasteiger partial charge is 0.204 e. The van der Waals surface area contributed by atoms with E-state index in [1.807, 2.05) is 24.3 Å². The van der Waals surface area contributed by atoms with Crippen molar-refractivity contribution >= 4 is 53.4 Å². The van der Waals surface area contributed by atoms with E-state index in [2.05, 4.69) is 198 Å². The third-order valence-corrected chi connectivity index (χ3v) is 9.58. The van der Waals surface area contributed by atoms with Gasteiger partial charge in [0, 0.05) is 94.3 Å². The lowest BCUT2D eigenvalue weighted by atomic mass is 10.1. The SMILES string of the molecule is BrCCCC#Cc1cccc(C#CCCCBr)c1.C(#Cc1cccc(C#CCCC[n+]2ccc3ccccc3c2)c1)CCC[n+]1ccc2ccccc2c1. The number of halogens is 2. The lowest BCUT2D eigenvalue weighted by molar-refractivity contribution is -0.696. The first-order valence-electron chi connectivity index (χ1n) is 18.7. The minimum atomic E-state index is 0.877. The van der Waals surface area contributed by atoms with Gasteiger partial charge in [-0.25, -0.2) is 9.13 Å². The molecule has 6 aromatic rings. The van der Waals surface area contributed by atoms with Crippen molar-refractivity contribution < 1.29 is 9.13 Å². The third kappa shape index (κ3) is 14.4. The van der Waals surface area contributed by atoms with Crippen molar-refractivity contribution in [1.82, 2.24) is 0 Å². The Bertz CT molecular complexity index is 2210. The molecule has 0 saturated carbocycles. The molecule has 0 aliphatic rings. The fraction of sp³-hybridized carbons (Fsp3) is 0.240. The Morgan fingerprint density at radius 3 is 1.11 bits per heavy atom. The monoisotopic (exact) mass is 832 g/mol. The molecular weight excluding hydrogens is 788 g/mol. The van der Waals surface area contributed by atoms with Crippen molar-refractivity contribution in [2.75, 3.05) is 10.7 Å². The second-order valence-corrected chi connectivity index (χ2v) is 14.4. The van der Waals surface area contributed by atoms with E-state index in [0.717, 1.165) is 97.4 Å². The number of fused-ring (bicyclic) bond motifs is 2. The van der Waals surface area contributed by atoms with Crippen LogP contribution < -0.4 is 9.13 Å². The lowest BCUT2D eigenvalue weighted by Gasteiger charge is -1.98. The van der Waals surface area contributed by atoms with Gasteiger partial charge in [-0.05, 0) is 72.1 Å². The Hall–Kier alpha value is -5.10. The van der Waals surface area contributed by atoms with E-state index in [4.69, 9.17) is 0 Å². The van der Waals surface area contributed by atoms with Gasteiger partial charge < -0.3 is 0 Å². The molecule has 0 spiro atoms. The summed E-state index contributed by atoms with van der Waals surface area (Å²) in [6.07, 6.45) is 16.6. The molecule has 0 radical (unpaired) electrons. The van der Waals surface area contributed by atoms with Crippen molar-refractivity contribution in [2.45, 2.75) is 64.5 Å². The number of aromatic nitrogens is 2. The highest BCUT2D eigenvalue weighted by molar-refractivity contribution is 9.09. The lowest BCUT2D eigenvalue weighted by Crippen LogP contribution is -2.32. The standard InChI is InChI=1S/C34H30N2.C16H16Br2/c1(9-22-35-24-20-31-16-5-7-18-33(31)27-35)3-12-29-14-11-15-30(26-29)13-4-2-10-23-36-25-21-32-17-6-8-19-34(32)28-36;17-12-5-1-3-8-15-10-7-11-16(14-15)9-4-2-6-13-18/h5-8,11,14-21,24-28H,1-2,9-10,22-23H2;7,10-11,14H,1-2,5-6,12-13H2/q+2;. The summed E-state index contributed by atoms with van der Waals surface area (Å²) in [6.45, 7) is 1.95. The van der Waals surface area contributed by atoms with Gasteiger partial charge in [0.05, 0.1) is 0 Å². The van der Waals surface area contributed by atoms with Gasteiger partial charge in [0.15, 0.2) is 24.8 Å². The minimum Gasteiger partial charge on any atom is -0.204 e.